The average Bonchev–Trinajstić information content (AvgIpc) is 3.22. The molecule has 0 radical (unpaired) electrons. The summed E-state index contributed by atoms with van der Waals surface area (Å²) in [7, 11) is 3.94. The van der Waals surface area contributed by atoms with E-state index in [2.05, 4.69) is 5.32 Å². The maximum atomic E-state index is 12.7. The summed E-state index contributed by atoms with van der Waals surface area (Å²) in [5, 5.41) is 15.2. The lowest BCUT2D eigenvalue weighted by molar-refractivity contribution is 0.0951. The Labute approximate surface area is 194 Å². The molecule has 0 atom stereocenters. The molecular weight excluding hydrogens is 412 g/mol. The third kappa shape index (κ3) is 4.40. The van der Waals surface area contributed by atoms with Gasteiger partial charge < -0.3 is 19.9 Å². The minimum Gasteiger partial charge on any atom is -0.373 e. The van der Waals surface area contributed by atoms with Gasteiger partial charge in [0.25, 0.3) is 5.91 Å². The van der Waals surface area contributed by atoms with Crippen molar-refractivity contribution in [3.8, 4) is 0 Å². The molecule has 0 aliphatic carbocycles. The van der Waals surface area contributed by atoms with E-state index in [-0.39, 0.29) is 5.91 Å². The first-order valence-electron chi connectivity index (χ1n) is 11.2. The Morgan fingerprint density at radius 3 is 2.15 bits per heavy atom. The SMILES string of the molecule is CCn1c(C(O)(c2ccccc2)c2ccccc2)nc2ccc(C(=O)NCCN(C)C)cc21. The zero-order valence-corrected chi connectivity index (χ0v) is 19.3. The maximum absolute atomic E-state index is 12.7. The number of hydrogen-bond donors (Lipinski definition) is 2. The van der Waals surface area contributed by atoms with Gasteiger partial charge in [-0.3, -0.25) is 4.79 Å². The lowest BCUT2D eigenvalue weighted by atomic mass is 9.85. The van der Waals surface area contributed by atoms with Crippen molar-refractivity contribution in [3.05, 3.63) is 101 Å². The summed E-state index contributed by atoms with van der Waals surface area (Å²) in [5.74, 6) is 0.410. The molecule has 0 saturated carbocycles. The van der Waals surface area contributed by atoms with Crippen LogP contribution in [0.25, 0.3) is 11.0 Å². The highest BCUT2D eigenvalue weighted by molar-refractivity contribution is 5.97. The van der Waals surface area contributed by atoms with Gasteiger partial charge in [-0.2, -0.15) is 0 Å². The lowest BCUT2D eigenvalue weighted by Crippen LogP contribution is -2.32. The van der Waals surface area contributed by atoms with E-state index in [1.54, 1.807) is 6.07 Å². The predicted molar refractivity (Wildman–Crippen MR) is 131 cm³/mol. The summed E-state index contributed by atoms with van der Waals surface area (Å²) >= 11 is 0. The predicted octanol–water partition coefficient (Wildman–Crippen LogP) is 3.63. The van der Waals surface area contributed by atoms with Crippen molar-refractivity contribution in [2.75, 3.05) is 27.2 Å². The normalized spacial score (nSPS) is 11.8. The van der Waals surface area contributed by atoms with Crippen LogP contribution in [0.3, 0.4) is 0 Å². The summed E-state index contributed by atoms with van der Waals surface area (Å²) in [6.45, 7) is 3.96. The van der Waals surface area contributed by atoms with Crippen LogP contribution >= 0.6 is 0 Å². The van der Waals surface area contributed by atoms with Gasteiger partial charge in [0.15, 0.2) is 11.4 Å². The van der Waals surface area contributed by atoms with Crippen LogP contribution in [-0.4, -0.2) is 52.6 Å². The summed E-state index contributed by atoms with van der Waals surface area (Å²) in [4.78, 5) is 19.6. The molecule has 0 unspecified atom stereocenters. The molecule has 3 aromatic carbocycles. The fourth-order valence-corrected chi connectivity index (χ4v) is 4.14. The monoisotopic (exact) mass is 442 g/mol. The summed E-state index contributed by atoms with van der Waals surface area (Å²) in [6, 6.07) is 24.7. The van der Waals surface area contributed by atoms with E-state index in [1.165, 1.54) is 0 Å². The molecule has 6 nitrogen and oxygen atoms in total. The number of aliphatic hydroxyl groups is 1. The number of hydrogen-bond acceptors (Lipinski definition) is 4. The van der Waals surface area contributed by atoms with Gasteiger partial charge in [0.2, 0.25) is 0 Å². The maximum Gasteiger partial charge on any atom is 0.251 e. The van der Waals surface area contributed by atoms with Crippen LogP contribution in [0.4, 0.5) is 0 Å². The van der Waals surface area contributed by atoms with E-state index < -0.39 is 5.60 Å². The van der Waals surface area contributed by atoms with E-state index in [9.17, 15) is 9.90 Å². The first-order valence-corrected chi connectivity index (χ1v) is 11.2. The highest BCUT2D eigenvalue weighted by Crippen LogP contribution is 2.37. The Hall–Kier alpha value is -3.48. The highest BCUT2D eigenvalue weighted by atomic mass is 16.3. The van der Waals surface area contributed by atoms with Gasteiger partial charge in [0, 0.05) is 25.2 Å². The fourth-order valence-electron chi connectivity index (χ4n) is 4.14. The molecular formula is C27H30N4O2. The summed E-state index contributed by atoms with van der Waals surface area (Å²) in [5.41, 5.74) is 2.17. The second-order valence-electron chi connectivity index (χ2n) is 8.38. The van der Waals surface area contributed by atoms with E-state index in [0.717, 1.165) is 28.7 Å². The standard InChI is InChI=1S/C27H30N4O2/c1-4-31-24-19-20(25(32)28-17-18-30(2)3)15-16-23(24)29-26(31)27(33,21-11-7-5-8-12-21)22-13-9-6-10-14-22/h5-16,19,33H,4,17-18H2,1-3H3,(H,28,32). The van der Waals surface area contributed by atoms with Crippen molar-refractivity contribution in [3.63, 3.8) is 0 Å². The molecule has 2 N–H and O–H groups in total. The lowest BCUT2D eigenvalue weighted by Gasteiger charge is -2.29. The molecule has 0 bridgehead atoms. The van der Waals surface area contributed by atoms with Gasteiger partial charge in [0.1, 0.15) is 0 Å². The van der Waals surface area contributed by atoms with E-state index in [4.69, 9.17) is 4.98 Å². The third-order valence-corrected chi connectivity index (χ3v) is 5.88. The molecule has 170 valence electrons. The number of aromatic nitrogens is 2. The highest BCUT2D eigenvalue weighted by Gasteiger charge is 2.38. The van der Waals surface area contributed by atoms with Gasteiger partial charge in [0.05, 0.1) is 11.0 Å². The van der Waals surface area contributed by atoms with Crippen LogP contribution in [0.5, 0.6) is 0 Å². The number of likely N-dealkylation sites (N-methyl/N-ethyl adjacent to an activating group) is 1. The van der Waals surface area contributed by atoms with E-state index >= 15 is 0 Å². The first-order chi connectivity index (χ1) is 15.9. The third-order valence-electron chi connectivity index (χ3n) is 5.88. The Bertz CT molecular complexity index is 1190. The molecule has 0 aliphatic heterocycles. The fraction of sp³-hybridized carbons (Fsp3) is 0.259. The minimum absolute atomic E-state index is 0.120. The first kappa shape index (κ1) is 22.7. The van der Waals surface area contributed by atoms with Crippen molar-refractivity contribution >= 4 is 16.9 Å². The number of benzene rings is 3. The zero-order valence-electron chi connectivity index (χ0n) is 19.3. The van der Waals surface area contributed by atoms with Crippen LogP contribution < -0.4 is 5.32 Å². The van der Waals surface area contributed by atoms with Gasteiger partial charge in [-0.15, -0.1) is 0 Å². The van der Waals surface area contributed by atoms with Crippen molar-refractivity contribution in [1.82, 2.24) is 19.8 Å². The molecule has 1 heterocycles. The van der Waals surface area contributed by atoms with Crippen molar-refractivity contribution in [2.45, 2.75) is 19.1 Å². The van der Waals surface area contributed by atoms with Gasteiger partial charge in [-0.1, -0.05) is 60.7 Å². The smallest absolute Gasteiger partial charge is 0.251 e. The zero-order chi connectivity index (χ0) is 23.4. The topological polar surface area (TPSA) is 70.4 Å². The second-order valence-corrected chi connectivity index (χ2v) is 8.38. The molecule has 1 aromatic heterocycles. The number of carbonyl (C=O) groups is 1. The van der Waals surface area contributed by atoms with Gasteiger partial charge in [-0.05, 0) is 50.3 Å². The number of aryl methyl sites for hydroxylation is 1. The number of nitrogens with zero attached hydrogens (tertiary/aromatic N) is 3. The van der Waals surface area contributed by atoms with Gasteiger partial charge >= 0.3 is 0 Å². The average molecular weight is 443 g/mol. The van der Waals surface area contributed by atoms with E-state index in [0.29, 0.717) is 24.5 Å². The Kier molecular flexibility index (Phi) is 6.58. The number of imidazole rings is 1. The molecule has 4 aromatic rings. The second kappa shape index (κ2) is 9.57. The minimum atomic E-state index is -1.44. The summed E-state index contributed by atoms with van der Waals surface area (Å²) in [6.07, 6.45) is 0. The Morgan fingerprint density at radius 1 is 1.00 bits per heavy atom. The quantitative estimate of drug-likeness (QED) is 0.437. The largest absolute Gasteiger partial charge is 0.373 e. The number of fused-ring (bicyclic) bond motifs is 1. The Morgan fingerprint density at radius 2 is 1.61 bits per heavy atom. The van der Waals surface area contributed by atoms with Crippen molar-refractivity contribution < 1.29 is 9.90 Å². The van der Waals surface area contributed by atoms with Crippen LogP contribution in [0.1, 0.15) is 34.2 Å². The molecule has 0 fully saturated rings. The molecule has 1 amide bonds. The molecule has 33 heavy (non-hydrogen) atoms. The van der Waals surface area contributed by atoms with Gasteiger partial charge in [-0.25, -0.2) is 4.98 Å². The molecule has 0 aliphatic rings. The van der Waals surface area contributed by atoms with Crippen LogP contribution in [0, 0.1) is 0 Å². The van der Waals surface area contributed by atoms with Crippen LogP contribution in [0.15, 0.2) is 78.9 Å². The van der Waals surface area contributed by atoms with Crippen LogP contribution in [-0.2, 0) is 12.1 Å². The molecule has 0 saturated heterocycles. The van der Waals surface area contributed by atoms with Crippen molar-refractivity contribution in [2.24, 2.45) is 0 Å². The molecule has 6 heteroatoms. The summed E-state index contributed by atoms with van der Waals surface area (Å²) < 4.78 is 1.99. The number of carbonyl (C=O) groups excluding carboxylic acids is 1. The number of nitrogens with one attached hydrogen (secondary N) is 1. The van der Waals surface area contributed by atoms with E-state index in [1.807, 2.05) is 103 Å². The number of amides is 1. The van der Waals surface area contributed by atoms with Crippen LogP contribution in [0.2, 0.25) is 0 Å². The Balaban J connectivity index is 1.83. The van der Waals surface area contributed by atoms with Crippen molar-refractivity contribution in [1.29, 1.82) is 0 Å². The molecule has 0 spiro atoms. The molecule has 4 rings (SSSR count). The number of rotatable bonds is 8.